The number of aromatic nitrogens is 5. The normalized spacial score (nSPS) is 10.9. The topological polar surface area (TPSA) is 94.8 Å². The third-order valence-electron chi connectivity index (χ3n) is 5.37. The number of para-hydroxylation sites is 1. The molecule has 0 fully saturated rings. The Bertz CT molecular complexity index is 1480. The summed E-state index contributed by atoms with van der Waals surface area (Å²) >= 11 is 0. The molecule has 8 heteroatoms. The van der Waals surface area contributed by atoms with Crippen LogP contribution in [0.5, 0.6) is 0 Å². The number of carbonyl (C=O) groups excluding carboxylic acids is 1. The Balaban J connectivity index is 1.60. The van der Waals surface area contributed by atoms with Crippen LogP contribution in [-0.4, -0.2) is 37.3 Å². The Morgan fingerprint density at radius 1 is 1.03 bits per heavy atom. The Hall–Kier alpha value is -4.59. The summed E-state index contributed by atoms with van der Waals surface area (Å²) in [5.74, 6) is 1.02. The van der Waals surface area contributed by atoms with E-state index < -0.39 is 5.97 Å². The quantitative estimate of drug-likeness (QED) is 0.359. The van der Waals surface area contributed by atoms with Gasteiger partial charge in [-0.2, -0.15) is 9.78 Å². The highest BCUT2D eigenvalue weighted by Gasteiger charge is 2.21. The maximum Gasteiger partial charge on any atom is 0.343 e. The first-order valence-electron chi connectivity index (χ1n) is 10.9. The first kappa shape index (κ1) is 21.3. The molecule has 0 spiro atoms. The standard InChI is InChI=1S/C26H22N6O2/c1-3-34-26(33)20-15-29-32(24-13-17(2)19-11-7-8-12-21(19)30-24)25(20)31-23-14-22(27-16-28-23)18-9-5-4-6-10-18/h4-16H,3H2,1-2H3,(H,27,28,31). The van der Waals surface area contributed by atoms with Crippen molar-refractivity contribution in [3.05, 3.63) is 90.4 Å². The minimum Gasteiger partial charge on any atom is -0.462 e. The van der Waals surface area contributed by atoms with E-state index in [2.05, 4.69) is 20.4 Å². The van der Waals surface area contributed by atoms with Crippen molar-refractivity contribution in [3.8, 4) is 17.1 Å². The molecule has 0 atom stereocenters. The number of rotatable bonds is 6. The van der Waals surface area contributed by atoms with Crippen LogP contribution < -0.4 is 5.32 Å². The highest BCUT2D eigenvalue weighted by atomic mass is 16.5. The van der Waals surface area contributed by atoms with Gasteiger partial charge < -0.3 is 10.1 Å². The molecule has 0 amide bonds. The van der Waals surface area contributed by atoms with Crippen LogP contribution >= 0.6 is 0 Å². The van der Waals surface area contributed by atoms with Crippen molar-refractivity contribution in [1.29, 1.82) is 0 Å². The molecule has 0 aliphatic heterocycles. The van der Waals surface area contributed by atoms with Crippen molar-refractivity contribution in [1.82, 2.24) is 24.7 Å². The van der Waals surface area contributed by atoms with E-state index in [0.717, 1.165) is 27.7 Å². The van der Waals surface area contributed by atoms with Gasteiger partial charge in [-0.3, -0.25) is 0 Å². The van der Waals surface area contributed by atoms with E-state index >= 15 is 0 Å². The Kier molecular flexibility index (Phi) is 5.70. The van der Waals surface area contributed by atoms with Crippen LogP contribution in [0.2, 0.25) is 0 Å². The second kappa shape index (κ2) is 9.11. The van der Waals surface area contributed by atoms with E-state index in [-0.39, 0.29) is 12.2 Å². The number of esters is 1. The lowest BCUT2D eigenvalue weighted by Crippen LogP contribution is -2.11. The lowest BCUT2D eigenvalue weighted by Gasteiger charge is -2.13. The predicted octanol–water partition coefficient (Wildman–Crippen LogP) is 5.11. The third kappa shape index (κ3) is 4.09. The highest BCUT2D eigenvalue weighted by molar-refractivity contribution is 5.95. The van der Waals surface area contributed by atoms with Gasteiger partial charge in [0, 0.05) is 17.0 Å². The number of benzene rings is 2. The average Bonchev–Trinajstić information content (AvgIpc) is 3.28. The van der Waals surface area contributed by atoms with Crippen LogP contribution in [0.15, 0.2) is 79.3 Å². The first-order valence-corrected chi connectivity index (χ1v) is 10.9. The number of nitrogens with zero attached hydrogens (tertiary/aromatic N) is 5. The molecule has 168 valence electrons. The van der Waals surface area contributed by atoms with Crippen molar-refractivity contribution in [3.63, 3.8) is 0 Å². The fraction of sp³-hybridized carbons (Fsp3) is 0.115. The molecule has 0 bridgehead atoms. The van der Waals surface area contributed by atoms with Crippen molar-refractivity contribution in [2.45, 2.75) is 13.8 Å². The van der Waals surface area contributed by atoms with Crippen LogP contribution in [0.3, 0.4) is 0 Å². The largest absolute Gasteiger partial charge is 0.462 e. The van der Waals surface area contributed by atoms with Crippen molar-refractivity contribution in [2.75, 3.05) is 11.9 Å². The van der Waals surface area contributed by atoms with Crippen LogP contribution in [0, 0.1) is 6.92 Å². The summed E-state index contributed by atoms with van der Waals surface area (Å²) in [5, 5.41) is 8.76. The van der Waals surface area contributed by atoms with E-state index in [1.807, 2.05) is 73.7 Å². The van der Waals surface area contributed by atoms with Crippen molar-refractivity contribution >= 4 is 28.5 Å². The molecule has 3 heterocycles. The van der Waals surface area contributed by atoms with Gasteiger partial charge in [-0.25, -0.2) is 19.7 Å². The summed E-state index contributed by atoms with van der Waals surface area (Å²) in [4.78, 5) is 26.2. The van der Waals surface area contributed by atoms with Gasteiger partial charge in [0.05, 0.1) is 24.0 Å². The van der Waals surface area contributed by atoms with Crippen LogP contribution in [0.25, 0.3) is 28.0 Å². The molecule has 0 saturated carbocycles. The van der Waals surface area contributed by atoms with Gasteiger partial charge in [-0.05, 0) is 31.5 Å². The molecule has 0 aliphatic carbocycles. The highest BCUT2D eigenvalue weighted by Crippen LogP contribution is 2.27. The third-order valence-corrected chi connectivity index (χ3v) is 5.37. The maximum absolute atomic E-state index is 12.7. The Morgan fingerprint density at radius 3 is 2.65 bits per heavy atom. The van der Waals surface area contributed by atoms with E-state index in [1.165, 1.54) is 12.5 Å². The number of anilines is 2. The van der Waals surface area contributed by atoms with E-state index in [4.69, 9.17) is 9.72 Å². The van der Waals surface area contributed by atoms with E-state index in [0.29, 0.717) is 17.5 Å². The molecule has 0 saturated heterocycles. The molecule has 5 aromatic rings. The van der Waals surface area contributed by atoms with Crippen LogP contribution in [0.1, 0.15) is 22.8 Å². The number of aryl methyl sites for hydroxylation is 1. The van der Waals surface area contributed by atoms with Gasteiger partial charge >= 0.3 is 5.97 Å². The first-order chi connectivity index (χ1) is 16.6. The summed E-state index contributed by atoms with van der Waals surface area (Å²) in [5.41, 5.74) is 3.88. The zero-order chi connectivity index (χ0) is 23.5. The number of carbonyl (C=O) groups is 1. The summed E-state index contributed by atoms with van der Waals surface area (Å²) < 4.78 is 6.85. The number of ether oxygens (including phenoxy) is 1. The molecule has 1 N–H and O–H groups in total. The molecule has 0 unspecified atom stereocenters. The summed E-state index contributed by atoms with van der Waals surface area (Å²) in [6.07, 6.45) is 2.96. The van der Waals surface area contributed by atoms with E-state index in [1.54, 1.807) is 11.6 Å². The molecule has 3 aromatic heterocycles. The SMILES string of the molecule is CCOC(=O)c1cnn(-c2cc(C)c3ccccc3n2)c1Nc1cc(-c2ccccc2)ncn1. The van der Waals surface area contributed by atoms with Crippen molar-refractivity contribution < 1.29 is 9.53 Å². The van der Waals surface area contributed by atoms with Gasteiger partial charge in [0.2, 0.25) is 0 Å². The molecule has 5 rings (SSSR count). The van der Waals surface area contributed by atoms with Crippen LogP contribution in [0.4, 0.5) is 11.6 Å². The minimum atomic E-state index is -0.480. The maximum atomic E-state index is 12.7. The molecule has 0 radical (unpaired) electrons. The fourth-order valence-corrected chi connectivity index (χ4v) is 3.75. The van der Waals surface area contributed by atoms with E-state index in [9.17, 15) is 4.79 Å². The molecule has 0 aliphatic rings. The molecule has 8 nitrogen and oxygen atoms in total. The van der Waals surface area contributed by atoms with Gasteiger partial charge in [-0.1, -0.05) is 48.5 Å². The number of fused-ring (bicyclic) bond motifs is 1. The summed E-state index contributed by atoms with van der Waals surface area (Å²) in [6, 6.07) is 21.5. The second-order valence-corrected chi connectivity index (χ2v) is 7.63. The molecule has 2 aromatic carbocycles. The number of hydrogen-bond acceptors (Lipinski definition) is 7. The summed E-state index contributed by atoms with van der Waals surface area (Å²) in [7, 11) is 0. The zero-order valence-electron chi connectivity index (χ0n) is 18.8. The average molecular weight is 451 g/mol. The molecule has 34 heavy (non-hydrogen) atoms. The minimum absolute atomic E-state index is 0.252. The number of nitrogens with one attached hydrogen (secondary N) is 1. The number of hydrogen-bond donors (Lipinski definition) is 1. The van der Waals surface area contributed by atoms with Gasteiger partial charge in [0.1, 0.15) is 17.7 Å². The fourth-order valence-electron chi connectivity index (χ4n) is 3.75. The Labute approximate surface area is 196 Å². The molecular weight excluding hydrogens is 428 g/mol. The second-order valence-electron chi connectivity index (χ2n) is 7.63. The van der Waals surface area contributed by atoms with Gasteiger partial charge in [0.25, 0.3) is 0 Å². The van der Waals surface area contributed by atoms with Crippen molar-refractivity contribution in [2.24, 2.45) is 0 Å². The van der Waals surface area contributed by atoms with Gasteiger partial charge in [-0.15, -0.1) is 0 Å². The number of pyridine rings is 1. The zero-order valence-corrected chi connectivity index (χ0v) is 18.8. The molecular formula is C26H22N6O2. The van der Waals surface area contributed by atoms with Crippen LogP contribution in [-0.2, 0) is 4.74 Å². The van der Waals surface area contributed by atoms with Gasteiger partial charge in [0.15, 0.2) is 11.6 Å². The lowest BCUT2D eigenvalue weighted by atomic mass is 10.1. The monoisotopic (exact) mass is 450 g/mol. The Morgan fingerprint density at radius 2 is 1.82 bits per heavy atom. The lowest BCUT2D eigenvalue weighted by molar-refractivity contribution is 0.0527. The smallest absolute Gasteiger partial charge is 0.343 e. The predicted molar refractivity (Wildman–Crippen MR) is 130 cm³/mol. The summed E-state index contributed by atoms with van der Waals surface area (Å²) in [6.45, 7) is 4.04.